The Morgan fingerprint density at radius 2 is 1.28 bits per heavy atom. The zero-order valence-corrected chi connectivity index (χ0v) is 17.0. The van der Waals surface area contributed by atoms with Crippen molar-refractivity contribution in [1.82, 2.24) is 10.2 Å². The Kier molecular flexibility index (Phi) is 6.87. The molecule has 4 rings (SSSR count). The number of halogens is 2. The number of rotatable bonds is 9. The number of alkyl halides is 2. The van der Waals surface area contributed by atoms with Gasteiger partial charge in [0.1, 0.15) is 19.0 Å². The maximum Gasteiger partial charge on any atom is 0.387 e. The van der Waals surface area contributed by atoms with Gasteiger partial charge >= 0.3 is 6.61 Å². The highest BCUT2D eigenvalue weighted by Gasteiger charge is 2.13. The minimum Gasteiger partial charge on any atom is -0.483 e. The summed E-state index contributed by atoms with van der Waals surface area (Å²) in [6.07, 6.45) is 0. The molecule has 0 saturated heterocycles. The van der Waals surface area contributed by atoms with E-state index in [2.05, 4.69) is 14.9 Å². The van der Waals surface area contributed by atoms with Crippen molar-refractivity contribution in [2.24, 2.45) is 0 Å². The van der Waals surface area contributed by atoms with Gasteiger partial charge in [-0.25, -0.2) is 0 Å². The third-order valence-corrected chi connectivity index (χ3v) is 4.56. The third kappa shape index (κ3) is 5.78. The predicted octanol–water partition coefficient (Wildman–Crippen LogP) is 5.90. The normalized spacial score (nSPS) is 10.7. The number of hydrogen-bond acceptors (Lipinski definition) is 5. The van der Waals surface area contributed by atoms with Gasteiger partial charge in [-0.15, -0.1) is 10.2 Å². The number of nitrogens with zero attached hydrogens (tertiary/aromatic N) is 2. The first-order valence-corrected chi connectivity index (χ1v) is 9.94. The van der Waals surface area contributed by atoms with E-state index in [-0.39, 0.29) is 11.6 Å². The summed E-state index contributed by atoms with van der Waals surface area (Å²) in [7, 11) is 0. The van der Waals surface area contributed by atoms with Crippen LogP contribution in [0, 0.1) is 0 Å². The van der Waals surface area contributed by atoms with Crippen LogP contribution in [-0.4, -0.2) is 16.8 Å². The first kappa shape index (κ1) is 21.2. The van der Waals surface area contributed by atoms with Crippen molar-refractivity contribution in [1.29, 1.82) is 0 Å². The molecule has 0 aliphatic rings. The van der Waals surface area contributed by atoms with Crippen molar-refractivity contribution < 1.29 is 23.0 Å². The quantitative estimate of drug-likeness (QED) is 0.328. The van der Waals surface area contributed by atoms with Crippen molar-refractivity contribution in [3.63, 3.8) is 0 Å². The Morgan fingerprint density at radius 1 is 0.688 bits per heavy atom. The van der Waals surface area contributed by atoms with Crippen LogP contribution in [0.15, 0.2) is 91.0 Å². The Morgan fingerprint density at radius 3 is 1.88 bits per heavy atom. The summed E-state index contributed by atoms with van der Waals surface area (Å²) in [6.45, 7) is -2.23. The lowest BCUT2D eigenvalue weighted by atomic mass is 10.1. The van der Waals surface area contributed by atoms with Crippen molar-refractivity contribution in [2.45, 2.75) is 19.8 Å². The second kappa shape index (κ2) is 10.3. The fourth-order valence-corrected chi connectivity index (χ4v) is 2.98. The smallest absolute Gasteiger partial charge is 0.387 e. The van der Waals surface area contributed by atoms with E-state index in [0.717, 1.165) is 11.1 Å². The van der Waals surface area contributed by atoms with E-state index in [0.29, 0.717) is 30.2 Å². The second-order valence-corrected chi connectivity index (χ2v) is 6.85. The predicted molar refractivity (Wildman–Crippen MR) is 116 cm³/mol. The zero-order valence-electron chi connectivity index (χ0n) is 17.0. The highest BCUT2D eigenvalue weighted by molar-refractivity contribution is 5.62. The number of benzene rings is 3. The van der Waals surface area contributed by atoms with Crippen LogP contribution in [-0.2, 0) is 13.2 Å². The van der Waals surface area contributed by atoms with Gasteiger partial charge in [0.25, 0.3) is 5.88 Å². The van der Waals surface area contributed by atoms with Crippen LogP contribution in [0.4, 0.5) is 8.78 Å². The Bertz CT molecular complexity index is 1130. The summed E-state index contributed by atoms with van der Waals surface area (Å²) in [5.74, 6) is 0.772. The van der Waals surface area contributed by atoms with Crippen LogP contribution in [0.5, 0.6) is 17.4 Å². The van der Waals surface area contributed by atoms with Gasteiger partial charge in [0.15, 0.2) is 5.75 Å². The Balaban J connectivity index is 1.56. The summed E-state index contributed by atoms with van der Waals surface area (Å²) in [5, 5.41) is 8.43. The van der Waals surface area contributed by atoms with Crippen LogP contribution in [0.3, 0.4) is 0 Å². The van der Waals surface area contributed by atoms with Gasteiger partial charge in [0, 0.05) is 11.6 Å². The summed E-state index contributed by atoms with van der Waals surface area (Å²) >= 11 is 0. The molecule has 0 bridgehead atoms. The maximum atomic E-state index is 12.4. The van der Waals surface area contributed by atoms with Gasteiger partial charge in [0.2, 0.25) is 0 Å². The first-order valence-electron chi connectivity index (χ1n) is 9.94. The monoisotopic (exact) mass is 434 g/mol. The average molecular weight is 434 g/mol. The molecule has 3 aromatic carbocycles. The van der Waals surface area contributed by atoms with Gasteiger partial charge < -0.3 is 14.2 Å². The topological polar surface area (TPSA) is 53.5 Å². The van der Waals surface area contributed by atoms with E-state index in [9.17, 15) is 8.78 Å². The fraction of sp³-hybridized carbons (Fsp3) is 0.120. The highest BCUT2D eigenvalue weighted by Crippen LogP contribution is 2.31. The van der Waals surface area contributed by atoms with Crippen LogP contribution in [0.25, 0.3) is 11.3 Å². The van der Waals surface area contributed by atoms with Crippen LogP contribution in [0.1, 0.15) is 11.1 Å². The minimum atomic E-state index is -2.88. The van der Waals surface area contributed by atoms with E-state index in [1.165, 1.54) is 12.1 Å². The van der Waals surface area contributed by atoms with E-state index in [4.69, 9.17) is 9.47 Å². The lowest BCUT2D eigenvalue weighted by molar-refractivity contribution is -0.0498. The van der Waals surface area contributed by atoms with Gasteiger partial charge in [-0.05, 0) is 35.4 Å². The molecule has 0 saturated carbocycles. The van der Waals surface area contributed by atoms with E-state index in [1.54, 1.807) is 18.2 Å². The summed E-state index contributed by atoms with van der Waals surface area (Å²) in [5.41, 5.74) is 3.18. The summed E-state index contributed by atoms with van der Waals surface area (Å²) in [4.78, 5) is 0. The lowest BCUT2D eigenvalue weighted by Gasteiger charge is -2.13. The van der Waals surface area contributed by atoms with Crippen molar-refractivity contribution in [2.75, 3.05) is 0 Å². The molecular weight excluding hydrogens is 414 g/mol. The molecule has 7 heteroatoms. The third-order valence-electron chi connectivity index (χ3n) is 4.56. The standard InChI is InChI=1S/C25H20F2N2O3/c26-25(27)32-21-13-11-20(12-14-21)22-15-23(30-16-18-7-3-1-4-8-18)24(29-28-22)31-17-19-9-5-2-6-10-19/h1-15,25H,16-17H2. The molecule has 0 N–H and O–H groups in total. The first-order chi connectivity index (χ1) is 15.7. The molecule has 0 amide bonds. The SMILES string of the molecule is FC(F)Oc1ccc(-c2cc(OCc3ccccc3)c(OCc3ccccc3)nn2)cc1. The van der Waals surface area contributed by atoms with Crippen LogP contribution in [0.2, 0.25) is 0 Å². The molecule has 0 fully saturated rings. The molecule has 0 aliphatic carbocycles. The van der Waals surface area contributed by atoms with Crippen molar-refractivity contribution >= 4 is 0 Å². The molecule has 0 atom stereocenters. The number of ether oxygens (including phenoxy) is 3. The van der Waals surface area contributed by atoms with Gasteiger partial charge in [0.05, 0.1) is 5.69 Å². The molecule has 5 nitrogen and oxygen atoms in total. The van der Waals surface area contributed by atoms with Crippen LogP contribution >= 0.6 is 0 Å². The molecular formula is C25H20F2N2O3. The lowest BCUT2D eigenvalue weighted by Crippen LogP contribution is -2.04. The summed E-state index contributed by atoms with van der Waals surface area (Å²) in [6, 6.07) is 27.3. The van der Waals surface area contributed by atoms with Crippen molar-refractivity contribution in [3.05, 3.63) is 102 Å². The fourth-order valence-electron chi connectivity index (χ4n) is 2.98. The molecule has 0 radical (unpaired) electrons. The van der Waals surface area contributed by atoms with Crippen molar-refractivity contribution in [3.8, 4) is 28.6 Å². The number of aromatic nitrogens is 2. The van der Waals surface area contributed by atoms with Gasteiger partial charge in [-0.3, -0.25) is 0 Å². The largest absolute Gasteiger partial charge is 0.483 e. The second-order valence-electron chi connectivity index (χ2n) is 6.85. The molecule has 0 aliphatic heterocycles. The minimum absolute atomic E-state index is 0.0695. The molecule has 32 heavy (non-hydrogen) atoms. The maximum absolute atomic E-state index is 12.4. The van der Waals surface area contributed by atoms with E-state index >= 15 is 0 Å². The molecule has 4 aromatic rings. The molecule has 0 unspecified atom stereocenters. The van der Waals surface area contributed by atoms with E-state index in [1.807, 2.05) is 60.7 Å². The Hall–Kier alpha value is -4.00. The van der Waals surface area contributed by atoms with E-state index < -0.39 is 6.61 Å². The van der Waals surface area contributed by atoms with Crippen LogP contribution < -0.4 is 14.2 Å². The van der Waals surface area contributed by atoms with Gasteiger partial charge in [-0.2, -0.15) is 8.78 Å². The molecule has 1 aromatic heterocycles. The van der Waals surface area contributed by atoms with Gasteiger partial charge in [-0.1, -0.05) is 60.7 Å². The molecule has 0 spiro atoms. The highest BCUT2D eigenvalue weighted by atomic mass is 19.3. The Labute approximate surface area is 184 Å². The zero-order chi connectivity index (χ0) is 22.2. The molecule has 1 heterocycles. The summed E-state index contributed by atoms with van der Waals surface area (Å²) < 4.78 is 41.0. The molecule has 162 valence electrons. The average Bonchev–Trinajstić information content (AvgIpc) is 2.83. The number of hydrogen-bond donors (Lipinski definition) is 0.